The summed E-state index contributed by atoms with van der Waals surface area (Å²) < 4.78 is 0. The Morgan fingerprint density at radius 3 is 2.62 bits per heavy atom. The first kappa shape index (κ1) is 12.2. The molecule has 0 heterocycles. The number of amides is 2. The van der Waals surface area contributed by atoms with Gasteiger partial charge in [-0.1, -0.05) is 23.8 Å². The number of carbonyl (C=O) groups excluding carboxylic acids is 2. The molecule has 86 valence electrons. The van der Waals surface area contributed by atoms with Crippen molar-refractivity contribution < 1.29 is 9.59 Å². The topological polar surface area (TPSA) is 72.2 Å². The minimum absolute atomic E-state index is 0.107. The molecule has 0 unspecified atom stereocenters. The maximum atomic E-state index is 11.5. The molecule has 0 radical (unpaired) electrons. The van der Waals surface area contributed by atoms with E-state index >= 15 is 0 Å². The van der Waals surface area contributed by atoms with E-state index in [2.05, 4.69) is 5.32 Å². The molecule has 2 amide bonds. The Morgan fingerprint density at radius 2 is 2.00 bits per heavy atom. The smallest absolute Gasteiger partial charge is 0.236 e. The van der Waals surface area contributed by atoms with E-state index in [9.17, 15) is 9.59 Å². The fourth-order valence-corrected chi connectivity index (χ4v) is 1.41. The third kappa shape index (κ3) is 3.73. The molecule has 4 heteroatoms. The van der Waals surface area contributed by atoms with Crippen LogP contribution in [0.5, 0.6) is 0 Å². The zero-order valence-corrected chi connectivity index (χ0v) is 9.54. The van der Waals surface area contributed by atoms with Crippen molar-refractivity contribution in [3.63, 3.8) is 0 Å². The lowest BCUT2D eigenvalue weighted by molar-refractivity contribution is -0.124. The van der Waals surface area contributed by atoms with Crippen molar-refractivity contribution in [3.8, 4) is 0 Å². The van der Waals surface area contributed by atoms with Gasteiger partial charge in [-0.25, -0.2) is 0 Å². The number of carbonyl (C=O) groups is 2. The first-order valence-electron chi connectivity index (χ1n) is 5.10. The molecule has 1 rings (SSSR count). The lowest BCUT2D eigenvalue weighted by Gasteiger charge is -2.07. The number of rotatable bonds is 4. The van der Waals surface area contributed by atoms with Gasteiger partial charge in [0.1, 0.15) is 0 Å². The van der Waals surface area contributed by atoms with Crippen LogP contribution in [0.4, 0.5) is 0 Å². The highest BCUT2D eigenvalue weighted by Crippen LogP contribution is 2.11. The standard InChI is InChI=1S/C12H16N2O2/c1-8-3-4-9(2)10(5-8)6-12(16)14-7-11(13)15/h3-5H,6-7H2,1-2H3,(H2,13,15)(H,14,16). The van der Waals surface area contributed by atoms with E-state index in [4.69, 9.17) is 5.73 Å². The average Bonchev–Trinajstić information content (AvgIpc) is 2.20. The Bertz CT molecular complexity index is 413. The number of aryl methyl sites for hydroxylation is 2. The fraction of sp³-hybridized carbons (Fsp3) is 0.333. The second-order valence-electron chi connectivity index (χ2n) is 3.85. The predicted octanol–water partition coefficient (Wildman–Crippen LogP) is 0.447. The zero-order chi connectivity index (χ0) is 12.1. The van der Waals surface area contributed by atoms with Crippen LogP contribution in [0.25, 0.3) is 0 Å². The van der Waals surface area contributed by atoms with Crippen molar-refractivity contribution in [3.05, 3.63) is 34.9 Å². The SMILES string of the molecule is Cc1ccc(C)c(CC(=O)NCC(N)=O)c1. The van der Waals surface area contributed by atoms with Gasteiger partial charge in [0.15, 0.2) is 0 Å². The van der Waals surface area contributed by atoms with E-state index < -0.39 is 5.91 Å². The van der Waals surface area contributed by atoms with Gasteiger partial charge in [-0.3, -0.25) is 9.59 Å². The molecule has 16 heavy (non-hydrogen) atoms. The maximum absolute atomic E-state index is 11.5. The average molecular weight is 220 g/mol. The van der Waals surface area contributed by atoms with Crippen molar-refractivity contribution in [1.82, 2.24) is 5.32 Å². The molecule has 0 bridgehead atoms. The van der Waals surface area contributed by atoms with E-state index in [1.54, 1.807) is 0 Å². The Kier molecular flexibility index (Phi) is 4.05. The van der Waals surface area contributed by atoms with Crippen molar-refractivity contribution >= 4 is 11.8 Å². The Balaban J connectivity index is 2.62. The third-order valence-corrected chi connectivity index (χ3v) is 2.32. The van der Waals surface area contributed by atoms with Gasteiger partial charge in [0.05, 0.1) is 13.0 Å². The number of hydrogen-bond donors (Lipinski definition) is 2. The van der Waals surface area contributed by atoms with Crippen LogP contribution in [-0.2, 0) is 16.0 Å². The Morgan fingerprint density at radius 1 is 1.31 bits per heavy atom. The molecular weight excluding hydrogens is 204 g/mol. The minimum atomic E-state index is -0.533. The summed E-state index contributed by atoms with van der Waals surface area (Å²) in [5, 5.41) is 2.46. The predicted molar refractivity (Wildman–Crippen MR) is 61.8 cm³/mol. The van der Waals surface area contributed by atoms with Gasteiger partial charge in [0, 0.05) is 0 Å². The zero-order valence-electron chi connectivity index (χ0n) is 9.54. The van der Waals surface area contributed by atoms with Gasteiger partial charge in [-0.05, 0) is 25.0 Å². The molecular formula is C12H16N2O2. The number of primary amides is 1. The van der Waals surface area contributed by atoms with Crippen molar-refractivity contribution in [2.24, 2.45) is 5.73 Å². The minimum Gasteiger partial charge on any atom is -0.368 e. The van der Waals surface area contributed by atoms with Crippen LogP contribution in [0.3, 0.4) is 0 Å². The van der Waals surface area contributed by atoms with Gasteiger partial charge in [0.25, 0.3) is 0 Å². The van der Waals surface area contributed by atoms with E-state index in [1.807, 2.05) is 32.0 Å². The lowest BCUT2D eigenvalue weighted by Crippen LogP contribution is -2.34. The summed E-state index contributed by atoms with van der Waals surface area (Å²) in [6.07, 6.45) is 0.279. The van der Waals surface area contributed by atoms with Gasteiger partial charge in [0.2, 0.25) is 11.8 Å². The number of nitrogens with two attached hydrogens (primary N) is 1. The second-order valence-corrected chi connectivity index (χ2v) is 3.85. The van der Waals surface area contributed by atoms with Gasteiger partial charge >= 0.3 is 0 Å². The van der Waals surface area contributed by atoms with E-state index in [1.165, 1.54) is 0 Å². The van der Waals surface area contributed by atoms with Crippen LogP contribution < -0.4 is 11.1 Å². The molecule has 3 N–H and O–H groups in total. The van der Waals surface area contributed by atoms with Gasteiger partial charge in [-0.15, -0.1) is 0 Å². The van der Waals surface area contributed by atoms with E-state index in [0.29, 0.717) is 0 Å². The highest BCUT2D eigenvalue weighted by atomic mass is 16.2. The summed E-state index contributed by atoms with van der Waals surface area (Å²) in [7, 11) is 0. The number of benzene rings is 1. The molecule has 4 nitrogen and oxygen atoms in total. The molecule has 0 aliphatic heterocycles. The van der Waals surface area contributed by atoms with Crippen molar-refractivity contribution in [1.29, 1.82) is 0 Å². The monoisotopic (exact) mass is 220 g/mol. The molecule has 0 saturated carbocycles. The normalized spacial score (nSPS) is 9.88. The number of hydrogen-bond acceptors (Lipinski definition) is 2. The summed E-state index contributed by atoms with van der Waals surface area (Å²) in [4.78, 5) is 21.9. The van der Waals surface area contributed by atoms with E-state index in [0.717, 1.165) is 16.7 Å². The third-order valence-electron chi connectivity index (χ3n) is 2.32. The quantitative estimate of drug-likeness (QED) is 0.773. The summed E-state index contributed by atoms with van der Waals surface area (Å²) in [6, 6.07) is 5.95. The van der Waals surface area contributed by atoms with E-state index in [-0.39, 0.29) is 18.9 Å². The van der Waals surface area contributed by atoms with Crippen molar-refractivity contribution in [2.45, 2.75) is 20.3 Å². The Labute approximate surface area is 94.8 Å². The van der Waals surface area contributed by atoms with Crippen molar-refractivity contribution in [2.75, 3.05) is 6.54 Å². The fourth-order valence-electron chi connectivity index (χ4n) is 1.41. The molecule has 0 aliphatic carbocycles. The largest absolute Gasteiger partial charge is 0.368 e. The highest BCUT2D eigenvalue weighted by Gasteiger charge is 2.06. The molecule has 0 saturated heterocycles. The summed E-state index contributed by atoms with van der Waals surface area (Å²) in [5.74, 6) is -0.721. The molecule has 0 atom stereocenters. The highest BCUT2D eigenvalue weighted by molar-refractivity contribution is 5.85. The van der Waals surface area contributed by atoms with Gasteiger partial charge < -0.3 is 11.1 Å². The van der Waals surface area contributed by atoms with Gasteiger partial charge in [-0.2, -0.15) is 0 Å². The molecule has 0 aliphatic rings. The second kappa shape index (κ2) is 5.30. The lowest BCUT2D eigenvalue weighted by atomic mass is 10.0. The summed E-state index contributed by atoms with van der Waals surface area (Å²) >= 11 is 0. The van der Waals surface area contributed by atoms with Crippen LogP contribution >= 0.6 is 0 Å². The maximum Gasteiger partial charge on any atom is 0.236 e. The molecule has 1 aromatic rings. The first-order valence-corrected chi connectivity index (χ1v) is 5.10. The molecule has 1 aromatic carbocycles. The first-order chi connectivity index (χ1) is 7.49. The van der Waals surface area contributed by atoms with Crippen LogP contribution in [0.1, 0.15) is 16.7 Å². The molecule has 0 spiro atoms. The van der Waals surface area contributed by atoms with Crippen LogP contribution in [0, 0.1) is 13.8 Å². The van der Waals surface area contributed by atoms with Crippen LogP contribution in [0.2, 0.25) is 0 Å². The summed E-state index contributed by atoms with van der Waals surface area (Å²) in [5.41, 5.74) is 8.09. The molecule has 0 aromatic heterocycles. The Hall–Kier alpha value is -1.84. The van der Waals surface area contributed by atoms with Crippen LogP contribution in [0.15, 0.2) is 18.2 Å². The van der Waals surface area contributed by atoms with Crippen LogP contribution in [-0.4, -0.2) is 18.4 Å². The number of nitrogens with one attached hydrogen (secondary N) is 1. The molecule has 0 fully saturated rings. The summed E-state index contributed by atoms with van der Waals surface area (Å²) in [6.45, 7) is 3.82.